The Bertz CT molecular complexity index is 949. The van der Waals surface area contributed by atoms with Crippen LogP contribution in [0.3, 0.4) is 0 Å². The minimum atomic E-state index is 0.230. The quantitative estimate of drug-likeness (QED) is 0.563. The molecule has 0 aliphatic carbocycles. The lowest BCUT2D eigenvalue weighted by Gasteiger charge is -1.94. The molecule has 4 aromatic rings. The Morgan fingerprint density at radius 3 is 2.71 bits per heavy atom. The molecular weight excluding hydrogens is 330 g/mol. The third-order valence-electron chi connectivity index (χ3n) is 3.22. The molecular formula is C15H10ClN7O. The fourth-order valence-corrected chi connectivity index (χ4v) is 2.20. The van der Waals surface area contributed by atoms with Gasteiger partial charge in [-0.3, -0.25) is 4.98 Å². The van der Waals surface area contributed by atoms with E-state index in [1.165, 1.54) is 4.80 Å². The molecule has 9 heteroatoms. The van der Waals surface area contributed by atoms with E-state index in [0.717, 1.165) is 11.1 Å². The molecule has 0 atom stereocenters. The number of rotatable bonds is 4. The lowest BCUT2D eigenvalue weighted by atomic mass is 10.2. The van der Waals surface area contributed by atoms with E-state index in [4.69, 9.17) is 16.1 Å². The van der Waals surface area contributed by atoms with Gasteiger partial charge in [-0.15, -0.1) is 10.2 Å². The van der Waals surface area contributed by atoms with Crippen molar-refractivity contribution < 1.29 is 4.52 Å². The molecule has 8 nitrogen and oxygen atoms in total. The van der Waals surface area contributed by atoms with Crippen molar-refractivity contribution >= 4 is 11.6 Å². The average molecular weight is 340 g/mol. The van der Waals surface area contributed by atoms with Crippen LogP contribution in [0.1, 0.15) is 5.89 Å². The Hall–Kier alpha value is -3.13. The zero-order valence-corrected chi connectivity index (χ0v) is 13.0. The van der Waals surface area contributed by atoms with Gasteiger partial charge in [-0.25, -0.2) is 0 Å². The van der Waals surface area contributed by atoms with E-state index >= 15 is 0 Å². The van der Waals surface area contributed by atoms with Crippen LogP contribution < -0.4 is 0 Å². The summed E-state index contributed by atoms with van der Waals surface area (Å²) in [5.74, 6) is 1.35. The lowest BCUT2D eigenvalue weighted by molar-refractivity contribution is 0.356. The molecule has 24 heavy (non-hydrogen) atoms. The van der Waals surface area contributed by atoms with E-state index in [1.54, 1.807) is 24.5 Å². The normalized spacial score (nSPS) is 10.9. The van der Waals surface area contributed by atoms with E-state index in [1.807, 2.05) is 24.3 Å². The molecule has 0 unspecified atom stereocenters. The molecule has 3 aromatic heterocycles. The minimum Gasteiger partial charge on any atom is -0.337 e. The summed E-state index contributed by atoms with van der Waals surface area (Å²) in [5, 5.41) is 16.9. The monoisotopic (exact) mass is 339 g/mol. The first kappa shape index (κ1) is 14.5. The van der Waals surface area contributed by atoms with E-state index < -0.39 is 0 Å². The fourth-order valence-electron chi connectivity index (χ4n) is 2.08. The van der Waals surface area contributed by atoms with Crippen LogP contribution in [-0.2, 0) is 6.54 Å². The van der Waals surface area contributed by atoms with Gasteiger partial charge in [0.15, 0.2) is 0 Å². The molecule has 0 amide bonds. The summed E-state index contributed by atoms with van der Waals surface area (Å²) < 4.78 is 5.22. The van der Waals surface area contributed by atoms with Gasteiger partial charge < -0.3 is 4.52 Å². The molecule has 0 fully saturated rings. The first-order valence-corrected chi connectivity index (χ1v) is 7.42. The summed E-state index contributed by atoms with van der Waals surface area (Å²) in [7, 11) is 0. The zero-order chi connectivity index (χ0) is 16.4. The molecule has 118 valence electrons. The van der Waals surface area contributed by atoms with Crippen molar-refractivity contribution in [1.82, 2.24) is 35.3 Å². The van der Waals surface area contributed by atoms with Gasteiger partial charge in [-0.05, 0) is 41.6 Å². The second-order valence-corrected chi connectivity index (χ2v) is 5.34. The molecule has 3 heterocycles. The molecule has 0 aliphatic heterocycles. The van der Waals surface area contributed by atoms with Crippen LogP contribution in [0.2, 0.25) is 5.02 Å². The summed E-state index contributed by atoms with van der Waals surface area (Å²) in [4.78, 5) is 9.73. The van der Waals surface area contributed by atoms with Gasteiger partial charge in [0.1, 0.15) is 6.54 Å². The first-order chi connectivity index (χ1) is 11.8. The summed E-state index contributed by atoms with van der Waals surface area (Å²) >= 11 is 5.87. The molecule has 0 aliphatic rings. The van der Waals surface area contributed by atoms with Crippen molar-refractivity contribution in [2.75, 3.05) is 0 Å². The van der Waals surface area contributed by atoms with E-state index in [-0.39, 0.29) is 6.54 Å². The molecule has 0 N–H and O–H groups in total. The second-order valence-electron chi connectivity index (χ2n) is 4.90. The molecule has 4 rings (SSSR count). The molecule has 1 aromatic carbocycles. The van der Waals surface area contributed by atoms with Crippen LogP contribution in [0.25, 0.3) is 22.8 Å². The van der Waals surface area contributed by atoms with E-state index in [2.05, 4.69) is 30.5 Å². The van der Waals surface area contributed by atoms with E-state index in [9.17, 15) is 0 Å². The summed E-state index contributed by atoms with van der Waals surface area (Å²) in [6, 6.07) is 10.9. The number of tetrazole rings is 1. The predicted octanol–water partition coefficient (Wildman–Crippen LogP) is 2.49. The Morgan fingerprint density at radius 1 is 1.04 bits per heavy atom. The van der Waals surface area contributed by atoms with Gasteiger partial charge in [0.2, 0.25) is 11.6 Å². The van der Waals surface area contributed by atoms with Crippen LogP contribution >= 0.6 is 11.6 Å². The summed E-state index contributed by atoms with van der Waals surface area (Å²) in [6.45, 7) is 0.230. The smallest absolute Gasteiger partial charge is 0.250 e. The van der Waals surface area contributed by atoms with Gasteiger partial charge >= 0.3 is 0 Å². The van der Waals surface area contributed by atoms with Crippen LogP contribution in [0.5, 0.6) is 0 Å². The Labute approximate surface area is 141 Å². The summed E-state index contributed by atoms with van der Waals surface area (Å²) in [5.41, 5.74) is 1.60. The van der Waals surface area contributed by atoms with Gasteiger partial charge in [0, 0.05) is 28.5 Å². The number of hydrogen-bond acceptors (Lipinski definition) is 7. The van der Waals surface area contributed by atoms with Crippen molar-refractivity contribution in [2.24, 2.45) is 0 Å². The SMILES string of the molecule is Clc1ccc(-c2nnn(Cc3nc(-c4cccnc4)no3)n2)cc1. The fraction of sp³-hybridized carbons (Fsp3) is 0.0667. The maximum atomic E-state index is 5.87. The van der Waals surface area contributed by atoms with Crippen molar-refractivity contribution in [3.8, 4) is 22.8 Å². The molecule has 0 spiro atoms. The minimum absolute atomic E-state index is 0.230. The number of benzene rings is 1. The molecule has 0 saturated carbocycles. The van der Waals surface area contributed by atoms with Crippen LogP contribution in [0.4, 0.5) is 0 Å². The molecule has 0 radical (unpaired) electrons. The Balaban J connectivity index is 1.52. The lowest BCUT2D eigenvalue weighted by Crippen LogP contribution is -2.04. The van der Waals surface area contributed by atoms with Crippen molar-refractivity contribution in [3.05, 3.63) is 59.7 Å². The van der Waals surface area contributed by atoms with Crippen molar-refractivity contribution in [1.29, 1.82) is 0 Å². The van der Waals surface area contributed by atoms with Crippen LogP contribution in [-0.4, -0.2) is 35.3 Å². The van der Waals surface area contributed by atoms with E-state index in [0.29, 0.717) is 22.6 Å². The predicted molar refractivity (Wildman–Crippen MR) is 84.9 cm³/mol. The van der Waals surface area contributed by atoms with Gasteiger partial charge in [0.05, 0.1) is 0 Å². The van der Waals surface area contributed by atoms with Crippen molar-refractivity contribution in [3.63, 3.8) is 0 Å². The van der Waals surface area contributed by atoms with Gasteiger partial charge in [0.25, 0.3) is 5.89 Å². The highest BCUT2D eigenvalue weighted by Crippen LogP contribution is 2.17. The van der Waals surface area contributed by atoms with Crippen molar-refractivity contribution in [2.45, 2.75) is 6.54 Å². The highest BCUT2D eigenvalue weighted by molar-refractivity contribution is 6.30. The maximum absolute atomic E-state index is 5.87. The largest absolute Gasteiger partial charge is 0.337 e. The third-order valence-corrected chi connectivity index (χ3v) is 3.47. The maximum Gasteiger partial charge on any atom is 0.250 e. The molecule has 0 saturated heterocycles. The third kappa shape index (κ3) is 2.99. The number of aromatic nitrogens is 7. The first-order valence-electron chi connectivity index (χ1n) is 7.05. The van der Waals surface area contributed by atoms with Gasteiger partial charge in [-0.1, -0.05) is 16.8 Å². The molecule has 0 bridgehead atoms. The number of hydrogen-bond donors (Lipinski definition) is 0. The highest BCUT2D eigenvalue weighted by atomic mass is 35.5. The van der Waals surface area contributed by atoms with Crippen LogP contribution in [0.15, 0.2) is 53.3 Å². The second kappa shape index (κ2) is 6.17. The number of nitrogens with zero attached hydrogens (tertiary/aromatic N) is 7. The number of pyridine rings is 1. The number of halogens is 1. The Kier molecular flexibility index (Phi) is 3.72. The topological polar surface area (TPSA) is 95.4 Å². The van der Waals surface area contributed by atoms with Gasteiger partial charge in [-0.2, -0.15) is 9.78 Å². The zero-order valence-electron chi connectivity index (χ0n) is 12.2. The van der Waals surface area contributed by atoms with Crippen LogP contribution in [0, 0.1) is 0 Å². The average Bonchev–Trinajstić information content (AvgIpc) is 3.27. The highest BCUT2D eigenvalue weighted by Gasteiger charge is 2.12. The Morgan fingerprint density at radius 2 is 1.92 bits per heavy atom. The summed E-state index contributed by atoms with van der Waals surface area (Å²) in [6.07, 6.45) is 3.35. The standard InChI is InChI=1S/C15H10ClN7O/c16-12-5-3-10(4-6-12)15-19-22-23(20-15)9-13-18-14(21-24-13)11-2-1-7-17-8-11/h1-8H,9H2.